The Morgan fingerprint density at radius 2 is 2.00 bits per heavy atom. The number of rotatable bonds is 1. The van der Waals surface area contributed by atoms with Crippen LogP contribution >= 0.6 is 0 Å². The number of allylic oxidation sites excluding steroid dienone is 1. The molecule has 4 nitrogen and oxygen atoms in total. The van der Waals surface area contributed by atoms with Gasteiger partial charge in [0.15, 0.2) is 0 Å². The highest BCUT2D eigenvalue weighted by Crippen LogP contribution is 2.32. The predicted molar refractivity (Wildman–Crippen MR) is 71.0 cm³/mol. The van der Waals surface area contributed by atoms with Crippen LogP contribution in [0.3, 0.4) is 0 Å². The van der Waals surface area contributed by atoms with E-state index in [9.17, 15) is 9.59 Å². The standard InChI is InChI=1S/C15H12O4/c1-3-4-10-5-9-6-11-8(2)18-15(17)13(11)7-12(9)14(16)19-10/h3-8H,1-2H3. The molecule has 2 heterocycles. The number of benzene rings is 1. The second-order valence-electron chi connectivity index (χ2n) is 4.51. The number of fused-ring (bicyclic) bond motifs is 2. The molecule has 0 radical (unpaired) electrons. The maximum absolute atomic E-state index is 11.9. The van der Waals surface area contributed by atoms with Crippen LogP contribution in [-0.4, -0.2) is 5.97 Å². The van der Waals surface area contributed by atoms with Crippen molar-refractivity contribution in [3.63, 3.8) is 0 Å². The van der Waals surface area contributed by atoms with E-state index in [1.165, 1.54) is 0 Å². The van der Waals surface area contributed by atoms with E-state index in [0.29, 0.717) is 16.7 Å². The van der Waals surface area contributed by atoms with E-state index in [1.54, 1.807) is 24.3 Å². The topological polar surface area (TPSA) is 56.5 Å². The van der Waals surface area contributed by atoms with E-state index in [1.807, 2.05) is 19.9 Å². The summed E-state index contributed by atoms with van der Waals surface area (Å²) in [5.41, 5.74) is 0.821. The monoisotopic (exact) mass is 256 g/mol. The zero-order valence-corrected chi connectivity index (χ0v) is 10.6. The molecule has 0 amide bonds. The van der Waals surface area contributed by atoms with Gasteiger partial charge in [0.25, 0.3) is 0 Å². The van der Waals surface area contributed by atoms with E-state index in [0.717, 1.165) is 10.9 Å². The summed E-state index contributed by atoms with van der Waals surface area (Å²) < 4.78 is 10.3. The molecular formula is C15H12O4. The molecule has 1 aliphatic rings. The molecule has 1 atom stereocenters. The van der Waals surface area contributed by atoms with E-state index in [-0.39, 0.29) is 12.1 Å². The summed E-state index contributed by atoms with van der Waals surface area (Å²) in [5, 5.41) is 1.16. The maximum atomic E-state index is 11.9. The van der Waals surface area contributed by atoms with Gasteiger partial charge in [0.1, 0.15) is 11.9 Å². The maximum Gasteiger partial charge on any atom is 0.344 e. The minimum atomic E-state index is -0.444. The number of cyclic esters (lactones) is 1. The summed E-state index contributed by atoms with van der Waals surface area (Å²) in [4.78, 5) is 23.5. The van der Waals surface area contributed by atoms with E-state index in [4.69, 9.17) is 9.15 Å². The largest absolute Gasteiger partial charge is 0.454 e. The van der Waals surface area contributed by atoms with Crippen molar-refractivity contribution in [2.24, 2.45) is 0 Å². The Morgan fingerprint density at radius 3 is 2.74 bits per heavy atom. The van der Waals surface area contributed by atoms with Gasteiger partial charge in [-0.15, -0.1) is 0 Å². The molecule has 0 N–H and O–H groups in total. The van der Waals surface area contributed by atoms with Crippen LogP contribution in [-0.2, 0) is 4.74 Å². The molecule has 96 valence electrons. The number of carbonyl (C=O) groups is 1. The molecule has 19 heavy (non-hydrogen) atoms. The van der Waals surface area contributed by atoms with Gasteiger partial charge in [0.2, 0.25) is 0 Å². The molecule has 1 aromatic carbocycles. The number of carbonyl (C=O) groups excluding carboxylic acids is 1. The minimum Gasteiger partial charge on any atom is -0.454 e. The Hall–Kier alpha value is -2.36. The zero-order valence-electron chi connectivity index (χ0n) is 10.6. The first-order valence-corrected chi connectivity index (χ1v) is 6.05. The average molecular weight is 256 g/mol. The fourth-order valence-corrected chi connectivity index (χ4v) is 2.32. The van der Waals surface area contributed by atoms with Crippen molar-refractivity contribution in [2.75, 3.05) is 0 Å². The SMILES string of the molecule is CC=Cc1cc2cc3c(cc2c(=O)o1)C(=O)OC3C. The molecule has 4 heteroatoms. The molecule has 3 rings (SSSR count). The Balaban J connectivity index is 2.34. The van der Waals surface area contributed by atoms with Gasteiger partial charge >= 0.3 is 11.6 Å². The first-order valence-electron chi connectivity index (χ1n) is 6.05. The third kappa shape index (κ3) is 1.76. The highest BCUT2D eigenvalue weighted by molar-refractivity contribution is 5.99. The number of esters is 1. The van der Waals surface area contributed by atoms with Gasteiger partial charge in [-0.25, -0.2) is 9.59 Å². The van der Waals surface area contributed by atoms with Crippen LogP contribution in [0.1, 0.15) is 41.6 Å². The first kappa shape index (κ1) is 11.7. The number of hydrogen-bond donors (Lipinski definition) is 0. The summed E-state index contributed by atoms with van der Waals surface area (Å²) in [7, 11) is 0. The minimum absolute atomic E-state index is 0.274. The lowest BCUT2D eigenvalue weighted by Gasteiger charge is -2.04. The third-order valence-corrected chi connectivity index (χ3v) is 3.22. The second kappa shape index (κ2) is 4.09. The second-order valence-corrected chi connectivity index (χ2v) is 4.51. The van der Waals surface area contributed by atoms with Gasteiger partial charge in [0, 0.05) is 5.56 Å². The average Bonchev–Trinajstić information content (AvgIpc) is 2.63. The van der Waals surface area contributed by atoms with Crippen molar-refractivity contribution < 1.29 is 13.9 Å². The predicted octanol–water partition coefficient (Wildman–Crippen LogP) is 3.06. The van der Waals surface area contributed by atoms with Crippen molar-refractivity contribution in [1.29, 1.82) is 0 Å². The van der Waals surface area contributed by atoms with Gasteiger partial charge in [0.05, 0.1) is 10.9 Å². The lowest BCUT2D eigenvalue weighted by Crippen LogP contribution is -2.02. The van der Waals surface area contributed by atoms with E-state index < -0.39 is 5.63 Å². The Bertz CT molecular complexity index is 768. The van der Waals surface area contributed by atoms with Crippen molar-refractivity contribution in [2.45, 2.75) is 20.0 Å². The fourth-order valence-electron chi connectivity index (χ4n) is 2.32. The van der Waals surface area contributed by atoms with Crippen LogP contribution in [0.2, 0.25) is 0 Å². The Kier molecular flexibility index (Phi) is 2.52. The van der Waals surface area contributed by atoms with Crippen LogP contribution in [0.25, 0.3) is 16.8 Å². The van der Waals surface area contributed by atoms with Crippen LogP contribution in [0, 0.1) is 0 Å². The number of hydrogen-bond acceptors (Lipinski definition) is 4. The smallest absolute Gasteiger partial charge is 0.344 e. The fraction of sp³-hybridized carbons (Fsp3) is 0.200. The molecular weight excluding hydrogens is 244 g/mol. The molecule has 0 spiro atoms. The van der Waals surface area contributed by atoms with Crippen molar-refractivity contribution in [1.82, 2.24) is 0 Å². The Morgan fingerprint density at radius 1 is 1.21 bits per heavy atom. The van der Waals surface area contributed by atoms with Gasteiger partial charge in [-0.1, -0.05) is 6.08 Å². The molecule has 0 fully saturated rings. The lowest BCUT2D eigenvalue weighted by molar-refractivity contribution is 0.0422. The molecule has 1 unspecified atom stereocenters. The molecule has 0 bridgehead atoms. The summed E-state index contributed by atoms with van der Waals surface area (Å²) in [6.07, 6.45) is 3.25. The highest BCUT2D eigenvalue weighted by atomic mass is 16.5. The van der Waals surface area contributed by atoms with Gasteiger partial charge in [-0.05, 0) is 43.5 Å². The van der Waals surface area contributed by atoms with E-state index in [2.05, 4.69) is 0 Å². The summed E-state index contributed by atoms with van der Waals surface area (Å²) in [6, 6.07) is 5.17. The molecule has 2 aromatic rings. The van der Waals surface area contributed by atoms with Crippen molar-refractivity contribution >= 4 is 22.8 Å². The van der Waals surface area contributed by atoms with Crippen molar-refractivity contribution in [3.8, 4) is 0 Å². The normalized spacial score (nSPS) is 18.0. The number of ether oxygens (including phenoxy) is 1. The highest BCUT2D eigenvalue weighted by Gasteiger charge is 2.28. The van der Waals surface area contributed by atoms with Gasteiger partial charge in [-0.2, -0.15) is 0 Å². The third-order valence-electron chi connectivity index (χ3n) is 3.22. The van der Waals surface area contributed by atoms with Gasteiger partial charge in [-0.3, -0.25) is 0 Å². The molecule has 0 aliphatic carbocycles. The summed E-state index contributed by atoms with van der Waals surface area (Å²) in [5.74, 6) is 0.110. The van der Waals surface area contributed by atoms with Crippen molar-refractivity contribution in [3.05, 3.63) is 51.6 Å². The summed E-state index contributed by atoms with van der Waals surface area (Å²) >= 11 is 0. The Labute approximate surface area is 109 Å². The van der Waals surface area contributed by atoms with Crippen LogP contribution in [0.4, 0.5) is 0 Å². The van der Waals surface area contributed by atoms with Gasteiger partial charge < -0.3 is 9.15 Å². The quantitative estimate of drug-likeness (QED) is 0.736. The van der Waals surface area contributed by atoms with E-state index >= 15 is 0 Å². The van der Waals surface area contributed by atoms with Crippen LogP contribution in [0.15, 0.2) is 33.5 Å². The molecule has 1 aliphatic heterocycles. The summed E-state index contributed by atoms with van der Waals surface area (Å²) in [6.45, 7) is 3.66. The van der Waals surface area contributed by atoms with Crippen LogP contribution < -0.4 is 5.63 Å². The first-order chi connectivity index (χ1) is 9.10. The molecule has 1 aromatic heterocycles. The lowest BCUT2D eigenvalue weighted by atomic mass is 10.0. The molecule has 0 saturated carbocycles. The molecule has 0 saturated heterocycles. The van der Waals surface area contributed by atoms with Crippen LogP contribution in [0.5, 0.6) is 0 Å². The zero-order chi connectivity index (χ0) is 13.6.